The second-order valence-electron chi connectivity index (χ2n) is 3.22. The summed E-state index contributed by atoms with van der Waals surface area (Å²) in [6, 6.07) is -1.04. The minimum atomic E-state index is -3.34. The van der Waals surface area contributed by atoms with E-state index in [4.69, 9.17) is 17.3 Å². The topological polar surface area (TPSA) is 94.5 Å². The quantitative estimate of drug-likeness (QED) is 0.479. The van der Waals surface area contributed by atoms with Crippen LogP contribution in [-0.4, -0.2) is 63.1 Å². The number of hydrogen-bond donors (Lipinski definition) is 2. The molecule has 2 N–H and O–H groups in total. The molecule has 0 amide bonds. The molecule has 0 aromatic rings. The largest absolute Gasteiger partial charge is 0.388 e. The van der Waals surface area contributed by atoms with E-state index in [-0.39, 0.29) is 0 Å². The predicted octanol–water partition coefficient (Wildman–Crippen LogP) is -0.981. The molecule has 1 saturated heterocycles. The Morgan fingerprint density at radius 3 is 2.25 bits per heavy atom. The first-order valence-electron chi connectivity index (χ1n) is 4.53. The van der Waals surface area contributed by atoms with Gasteiger partial charge < -0.3 is 28.7 Å². The molecule has 92 valence electrons. The molecule has 0 aromatic heterocycles. The van der Waals surface area contributed by atoms with Crippen molar-refractivity contribution in [3.63, 3.8) is 0 Å². The molecule has 9 heteroatoms. The van der Waals surface area contributed by atoms with Gasteiger partial charge in [-0.05, 0) is 0 Å². The summed E-state index contributed by atoms with van der Waals surface area (Å²) < 4.78 is 30.7. The Kier molecular flexibility index (Phi) is 4.94. The van der Waals surface area contributed by atoms with Crippen molar-refractivity contribution in [1.29, 1.82) is 0 Å². The van der Waals surface area contributed by atoms with Crippen molar-refractivity contribution in [1.82, 2.24) is 0 Å². The zero-order valence-electron chi connectivity index (χ0n) is 8.98. The van der Waals surface area contributed by atoms with Crippen LogP contribution >= 0.6 is 7.60 Å². The average Bonchev–Trinajstić information content (AvgIpc) is 2.54. The zero-order chi connectivity index (χ0) is 12.3. The Labute approximate surface area is 94.6 Å². The van der Waals surface area contributed by atoms with Gasteiger partial charge in [-0.3, -0.25) is 4.57 Å². The number of hydrogen-bond acceptors (Lipinski definition) is 7. The van der Waals surface area contributed by atoms with Gasteiger partial charge in [0.2, 0.25) is 0 Å². The molecule has 0 spiro atoms. The SMILES string of the molecule is [B]C1OC(OCP(=O)(OC)OC)C(O)C1O. The Balaban J connectivity index is 2.48. The van der Waals surface area contributed by atoms with Crippen LogP contribution in [0.25, 0.3) is 0 Å². The summed E-state index contributed by atoms with van der Waals surface area (Å²) in [5.41, 5.74) is 0. The van der Waals surface area contributed by atoms with Crippen LogP contribution in [0, 0.1) is 0 Å². The number of rotatable bonds is 5. The summed E-state index contributed by atoms with van der Waals surface area (Å²) in [4.78, 5) is 0. The summed E-state index contributed by atoms with van der Waals surface area (Å²) >= 11 is 0. The second kappa shape index (κ2) is 5.60. The smallest absolute Gasteiger partial charge is 0.355 e. The molecular formula is C7H14BO7P. The maximum Gasteiger partial charge on any atom is 0.355 e. The third kappa shape index (κ3) is 3.04. The van der Waals surface area contributed by atoms with Crippen molar-refractivity contribution in [3.05, 3.63) is 0 Å². The van der Waals surface area contributed by atoms with Gasteiger partial charge in [-0.15, -0.1) is 0 Å². The van der Waals surface area contributed by atoms with E-state index in [2.05, 4.69) is 9.05 Å². The summed E-state index contributed by atoms with van der Waals surface area (Å²) in [6.07, 6.45) is -4.09. The van der Waals surface area contributed by atoms with Crippen LogP contribution in [0.2, 0.25) is 0 Å². The highest BCUT2D eigenvalue weighted by Crippen LogP contribution is 2.46. The molecule has 0 saturated carbocycles. The molecule has 0 bridgehead atoms. The van der Waals surface area contributed by atoms with Crippen LogP contribution in [0.3, 0.4) is 0 Å². The van der Waals surface area contributed by atoms with Gasteiger partial charge >= 0.3 is 7.60 Å². The summed E-state index contributed by atoms with van der Waals surface area (Å²) in [5, 5.41) is 18.7. The Morgan fingerprint density at radius 1 is 1.31 bits per heavy atom. The fourth-order valence-electron chi connectivity index (χ4n) is 1.15. The molecule has 1 aliphatic heterocycles. The molecule has 0 aromatic carbocycles. The van der Waals surface area contributed by atoms with Crippen molar-refractivity contribution in [2.24, 2.45) is 0 Å². The number of aliphatic hydroxyl groups excluding tert-OH is 2. The summed E-state index contributed by atoms with van der Waals surface area (Å²) in [7, 11) is 4.40. The second-order valence-corrected chi connectivity index (χ2v) is 5.43. The van der Waals surface area contributed by atoms with Crippen LogP contribution < -0.4 is 0 Å². The molecule has 16 heavy (non-hydrogen) atoms. The normalized spacial score (nSPS) is 35.5. The first-order chi connectivity index (χ1) is 7.43. The van der Waals surface area contributed by atoms with Crippen molar-refractivity contribution >= 4 is 15.4 Å². The van der Waals surface area contributed by atoms with Crippen LogP contribution in [0.15, 0.2) is 0 Å². The van der Waals surface area contributed by atoms with E-state index in [9.17, 15) is 14.8 Å². The van der Waals surface area contributed by atoms with Crippen molar-refractivity contribution in [2.75, 3.05) is 20.6 Å². The molecule has 0 aliphatic carbocycles. The van der Waals surface area contributed by atoms with Gasteiger partial charge in [0.1, 0.15) is 20.1 Å². The lowest BCUT2D eigenvalue weighted by Gasteiger charge is -2.19. The van der Waals surface area contributed by atoms with E-state index in [1.54, 1.807) is 0 Å². The van der Waals surface area contributed by atoms with Gasteiger partial charge in [-0.25, -0.2) is 0 Å². The molecule has 1 fully saturated rings. The van der Waals surface area contributed by atoms with E-state index in [1.165, 1.54) is 14.2 Å². The Bertz CT molecular complexity index is 267. The minimum absolute atomic E-state index is 0.402. The van der Waals surface area contributed by atoms with Gasteiger partial charge in [-0.2, -0.15) is 0 Å². The van der Waals surface area contributed by atoms with E-state index in [1.807, 2.05) is 0 Å². The Morgan fingerprint density at radius 2 is 1.88 bits per heavy atom. The van der Waals surface area contributed by atoms with E-state index in [0.29, 0.717) is 0 Å². The van der Waals surface area contributed by atoms with Gasteiger partial charge in [0.15, 0.2) is 12.6 Å². The van der Waals surface area contributed by atoms with E-state index >= 15 is 0 Å². The minimum Gasteiger partial charge on any atom is -0.388 e. The lowest BCUT2D eigenvalue weighted by atomic mass is 9.94. The highest BCUT2D eigenvalue weighted by molar-refractivity contribution is 7.53. The van der Waals surface area contributed by atoms with Crippen LogP contribution in [-0.2, 0) is 23.1 Å². The lowest BCUT2D eigenvalue weighted by molar-refractivity contribution is -0.147. The van der Waals surface area contributed by atoms with Crippen molar-refractivity contribution < 1.29 is 33.3 Å². The summed E-state index contributed by atoms with van der Waals surface area (Å²) in [5.74, 6) is 0. The molecule has 4 atom stereocenters. The van der Waals surface area contributed by atoms with Gasteiger partial charge in [0.25, 0.3) is 0 Å². The average molecular weight is 252 g/mol. The fraction of sp³-hybridized carbons (Fsp3) is 1.00. The van der Waals surface area contributed by atoms with Gasteiger partial charge in [0.05, 0.1) is 0 Å². The molecule has 2 radical (unpaired) electrons. The highest BCUT2D eigenvalue weighted by atomic mass is 31.2. The first-order valence-corrected chi connectivity index (χ1v) is 6.25. The number of aliphatic hydroxyl groups is 2. The molecule has 7 nitrogen and oxygen atoms in total. The monoisotopic (exact) mass is 252 g/mol. The van der Waals surface area contributed by atoms with E-state index < -0.39 is 38.4 Å². The van der Waals surface area contributed by atoms with Gasteiger partial charge in [0, 0.05) is 20.2 Å². The molecule has 4 unspecified atom stereocenters. The third-order valence-corrected chi connectivity index (χ3v) is 3.79. The Hall–Kier alpha value is 0.0549. The third-order valence-electron chi connectivity index (χ3n) is 2.21. The predicted molar refractivity (Wildman–Crippen MR) is 54.0 cm³/mol. The van der Waals surface area contributed by atoms with Crippen molar-refractivity contribution in [2.45, 2.75) is 24.5 Å². The molecule has 1 heterocycles. The van der Waals surface area contributed by atoms with Crippen LogP contribution in [0.4, 0.5) is 0 Å². The highest BCUT2D eigenvalue weighted by Gasteiger charge is 2.41. The number of ether oxygens (including phenoxy) is 2. The molecular weight excluding hydrogens is 238 g/mol. The van der Waals surface area contributed by atoms with Gasteiger partial charge in [-0.1, -0.05) is 0 Å². The lowest BCUT2D eigenvalue weighted by Crippen LogP contribution is -2.33. The fourth-order valence-corrected chi connectivity index (χ4v) is 1.84. The molecule has 1 rings (SSSR count). The standard InChI is InChI=1S/C7H14BO7P/c1-12-16(11,13-2)3-14-7-5(10)4(9)6(8)15-7/h4-7,9-10H,3H2,1-2H3. The maximum absolute atomic E-state index is 11.6. The maximum atomic E-state index is 11.6. The van der Waals surface area contributed by atoms with Crippen LogP contribution in [0.5, 0.6) is 0 Å². The van der Waals surface area contributed by atoms with Crippen LogP contribution in [0.1, 0.15) is 0 Å². The zero-order valence-corrected chi connectivity index (χ0v) is 9.87. The van der Waals surface area contributed by atoms with E-state index in [0.717, 1.165) is 0 Å². The first kappa shape index (κ1) is 14.1. The molecule has 1 aliphatic rings. The van der Waals surface area contributed by atoms with Crippen molar-refractivity contribution in [3.8, 4) is 0 Å². The summed E-state index contributed by atoms with van der Waals surface area (Å²) in [6.45, 7) is 0.